The second-order valence-corrected chi connectivity index (χ2v) is 9.61. The van der Waals surface area contributed by atoms with E-state index in [1.54, 1.807) is 26.8 Å². The maximum absolute atomic E-state index is 13.8. The molecule has 1 aromatic carbocycles. The minimum atomic E-state index is -3.71. The fourth-order valence-corrected chi connectivity index (χ4v) is 4.34. The Morgan fingerprint density at radius 2 is 2.00 bits per heavy atom. The highest BCUT2D eigenvalue weighted by Gasteiger charge is 2.34. The number of ether oxygens (including phenoxy) is 1. The zero-order valence-electron chi connectivity index (χ0n) is 15.7. The number of carbonyl (C=O) groups excluding carboxylic acids is 1. The van der Waals surface area contributed by atoms with Crippen LogP contribution in [0.15, 0.2) is 24.3 Å². The molecule has 0 radical (unpaired) electrons. The monoisotopic (exact) mass is 386 g/mol. The number of likely N-dealkylation sites (tertiary alicyclic amines) is 1. The van der Waals surface area contributed by atoms with Crippen molar-refractivity contribution in [3.63, 3.8) is 0 Å². The number of piperidine rings is 1. The third-order valence-electron chi connectivity index (χ3n) is 4.30. The van der Waals surface area contributed by atoms with Crippen LogP contribution < -0.4 is 0 Å². The van der Waals surface area contributed by atoms with Crippen LogP contribution in [0.5, 0.6) is 0 Å². The number of amides is 1. The molecule has 0 saturated carbocycles. The largest absolute Gasteiger partial charge is 0.444 e. The Kier molecular flexibility index (Phi) is 6.29. The second-order valence-electron chi connectivity index (χ2n) is 7.59. The van der Waals surface area contributed by atoms with Crippen molar-refractivity contribution in [1.82, 2.24) is 9.21 Å². The van der Waals surface area contributed by atoms with E-state index in [1.165, 1.54) is 34.5 Å². The number of benzene rings is 1. The average molecular weight is 386 g/mol. The summed E-state index contributed by atoms with van der Waals surface area (Å²) >= 11 is 0. The maximum atomic E-state index is 13.8. The molecule has 1 atom stereocenters. The van der Waals surface area contributed by atoms with Crippen LogP contribution >= 0.6 is 0 Å². The molecule has 0 N–H and O–H groups in total. The average Bonchev–Trinajstić information content (AvgIpc) is 2.54. The van der Waals surface area contributed by atoms with Crippen LogP contribution in [0.4, 0.5) is 9.18 Å². The van der Waals surface area contributed by atoms with E-state index in [0.717, 1.165) is 0 Å². The number of likely N-dealkylation sites (N-methyl/N-ethyl adjacent to an activating group) is 1. The summed E-state index contributed by atoms with van der Waals surface area (Å²) < 4.78 is 45.8. The summed E-state index contributed by atoms with van der Waals surface area (Å²) in [4.78, 5) is 13.8. The molecule has 2 rings (SSSR count). The third-order valence-corrected chi connectivity index (χ3v) is 6.15. The van der Waals surface area contributed by atoms with Gasteiger partial charge in [0.2, 0.25) is 10.0 Å². The van der Waals surface area contributed by atoms with Gasteiger partial charge in [-0.25, -0.2) is 17.6 Å². The van der Waals surface area contributed by atoms with Crippen molar-refractivity contribution in [2.75, 3.05) is 20.1 Å². The van der Waals surface area contributed by atoms with Crippen LogP contribution in [0.3, 0.4) is 0 Å². The van der Waals surface area contributed by atoms with Gasteiger partial charge in [0.05, 0.1) is 5.75 Å². The molecule has 1 aliphatic rings. The van der Waals surface area contributed by atoms with E-state index in [4.69, 9.17) is 4.74 Å². The molecule has 26 heavy (non-hydrogen) atoms. The van der Waals surface area contributed by atoms with Crippen LogP contribution in [-0.2, 0) is 20.5 Å². The van der Waals surface area contributed by atoms with E-state index in [0.29, 0.717) is 19.4 Å². The Hall–Kier alpha value is -1.67. The molecule has 1 unspecified atom stereocenters. The number of hydrogen-bond donors (Lipinski definition) is 0. The van der Waals surface area contributed by atoms with Gasteiger partial charge in [0.1, 0.15) is 11.4 Å². The topological polar surface area (TPSA) is 66.9 Å². The number of sulfonamides is 1. The highest BCUT2D eigenvalue weighted by molar-refractivity contribution is 7.88. The molecule has 0 bridgehead atoms. The first-order chi connectivity index (χ1) is 12.0. The molecule has 146 valence electrons. The van der Waals surface area contributed by atoms with E-state index in [2.05, 4.69) is 0 Å². The molecule has 1 aromatic rings. The predicted molar refractivity (Wildman–Crippen MR) is 97.6 cm³/mol. The fraction of sp³-hybridized carbons (Fsp3) is 0.611. The molecule has 1 amide bonds. The summed E-state index contributed by atoms with van der Waals surface area (Å²) in [5.41, 5.74) is -0.466. The SMILES string of the molecule is CN(C1CCCN(C(=O)OC(C)(C)C)C1)S(=O)(=O)Cc1ccccc1F. The van der Waals surface area contributed by atoms with Gasteiger partial charge in [-0.15, -0.1) is 0 Å². The van der Waals surface area contributed by atoms with Crippen LogP contribution in [0.1, 0.15) is 39.2 Å². The van der Waals surface area contributed by atoms with E-state index < -0.39 is 33.3 Å². The minimum Gasteiger partial charge on any atom is -0.444 e. The highest BCUT2D eigenvalue weighted by Crippen LogP contribution is 2.22. The molecule has 0 spiro atoms. The van der Waals surface area contributed by atoms with Crippen molar-refractivity contribution < 1.29 is 22.3 Å². The normalized spacial score (nSPS) is 18.8. The van der Waals surface area contributed by atoms with Crippen molar-refractivity contribution in [2.24, 2.45) is 0 Å². The van der Waals surface area contributed by atoms with Crippen LogP contribution in [0.25, 0.3) is 0 Å². The lowest BCUT2D eigenvalue weighted by Gasteiger charge is -2.37. The van der Waals surface area contributed by atoms with Crippen molar-refractivity contribution in [3.8, 4) is 0 Å². The summed E-state index contributed by atoms with van der Waals surface area (Å²) in [6.45, 7) is 6.17. The Morgan fingerprint density at radius 1 is 1.35 bits per heavy atom. The molecule has 0 aliphatic carbocycles. The Morgan fingerprint density at radius 3 is 2.62 bits per heavy atom. The van der Waals surface area contributed by atoms with Crippen molar-refractivity contribution in [2.45, 2.75) is 51.0 Å². The Bertz CT molecular complexity index is 746. The molecular formula is C18H27FN2O4S. The zero-order valence-corrected chi connectivity index (χ0v) is 16.6. The van der Waals surface area contributed by atoms with Crippen LogP contribution in [-0.4, -0.2) is 55.5 Å². The maximum Gasteiger partial charge on any atom is 0.410 e. The molecular weight excluding hydrogens is 359 g/mol. The zero-order chi connectivity index (χ0) is 19.5. The van der Waals surface area contributed by atoms with Gasteiger partial charge in [-0.2, -0.15) is 4.31 Å². The van der Waals surface area contributed by atoms with Crippen molar-refractivity contribution in [1.29, 1.82) is 0 Å². The first-order valence-electron chi connectivity index (χ1n) is 8.66. The van der Waals surface area contributed by atoms with Gasteiger partial charge in [0, 0.05) is 31.7 Å². The Balaban J connectivity index is 2.07. The van der Waals surface area contributed by atoms with Crippen LogP contribution in [0.2, 0.25) is 0 Å². The first kappa shape index (κ1) is 20.6. The van der Waals surface area contributed by atoms with Crippen molar-refractivity contribution in [3.05, 3.63) is 35.6 Å². The molecule has 1 heterocycles. The molecule has 0 aromatic heterocycles. The standard InChI is InChI=1S/C18H27FN2O4S/c1-18(2,3)25-17(22)21-11-7-9-15(12-21)20(4)26(23,24)13-14-8-5-6-10-16(14)19/h5-6,8,10,15H,7,9,11-13H2,1-4H3. The fourth-order valence-electron chi connectivity index (χ4n) is 2.88. The van der Waals surface area contributed by atoms with Gasteiger partial charge in [-0.3, -0.25) is 0 Å². The van der Waals surface area contributed by atoms with Gasteiger partial charge in [0.25, 0.3) is 0 Å². The molecule has 6 nitrogen and oxygen atoms in total. The van der Waals surface area contributed by atoms with E-state index in [1.807, 2.05) is 0 Å². The summed E-state index contributed by atoms with van der Waals surface area (Å²) in [6.07, 6.45) is 0.887. The van der Waals surface area contributed by atoms with E-state index in [9.17, 15) is 17.6 Å². The number of rotatable bonds is 4. The number of hydrogen-bond acceptors (Lipinski definition) is 4. The van der Waals surface area contributed by atoms with Gasteiger partial charge in [0.15, 0.2) is 0 Å². The molecule has 1 fully saturated rings. The van der Waals surface area contributed by atoms with E-state index >= 15 is 0 Å². The van der Waals surface area contributed by atoms with E-state index in [-0.39, 0.29) is 18.2 Å². The Labute approximate surface area is 155 Å². The summed E-state index contributed by atoms with van der Waals surface area (Å²) in [5.74, 6) is -0.942. The quantitative estimate of drug-likeness (QED) is 0.798. The first-order valence-corrected chi connectivity index (χ1v) is 10.3. The summed E-state index contributed by atoms with van der Waals surface area (Å²) in [5, 5.41) is 0. The number of halogens is 1. The van der Waals surface area contributed by atoms with Crippen LogP contribution in [0, 0.1) is 5.82 Å². The lowest BCUT2D eigenvalue weighted by atomic mass is 10.1. The van der Waals surface area contributed by atoms with Gasteiger partial charge < -0.3 is 9.64 Å². The smallest absolute Gasteiger partial charge is 0.410 e. The molecule has 8 heteroatoms. The third kappa shape index (κ3) is 5.41. The van der Waals surface area contributed by atoms with Gasteiger partial charge in [-0.05, 0) is 39.7 Å². The minimum absolute atomic E-state index is 0.138. The lowest BCUT2D eigenvalue weighted by molar-refractivity contribution is 0.0163. The van der Waals surface area contributed by atoms with Gasteiger partial charge >= 0.3 is 6.09 Å². The lowest BCUT2D eigenvalue weighted by Crippen LogP contribution is -2.51. The second kappa shape index (κ2) is 7.92. The predicted octanol–water partition coefficient (Wildman–Crippen LogP) is 2.99. The number of carbonyl (C=O) groups is 1. The highest BCUT2D eigenvalue weighted by atomic mass is 32.2. The van der Waals surface area contributed by atoms with Crippen molar-refractivity contribution >= 4 is 16.1 Å². The molecule has 1 saturated heterocycles. The summed E-state index contributed by atoms with van der Waals surface area (Å²) in [6, 6.07) is 5.49. The molecule has 1 aliphatic heterocycles. The summed E-state index contributed by atoms with van der Waals surface area (Å²) in [7, 11) is -2.22. The number of nitrogens with zero attached hydrogens (tertiary/aromatic N) is 2. The van der Waals surface area contributed by atoms with Gasteiger partial charge in [-0.1, -0.05) is 18.2 Å².